The van der Waals surface area contributed by atoms with E-state index in [1.165, 1.54) is 36.4 Å². The second kappa shape index (κ2) is 9.37. The fraction of sp³-hybridized carbons (Fsp3) is 0.381. The molecule has 3 rings (SSSR count). The van der Waals surface area contributed by atoms with E-state index in [2.05, 4.69) is 10.0 Å². The van der Waals surface area contributed by atoms with Gasteiger partial charge in [0.2, 0.25) is 10.0 Å². The summed E-state index contributed by atoms with van der Waals surface area (Å²) in [6.07, 6.45) is -2.92. The minimum Gasteiger partial charge on any atom is -0.377 e. The maximum atomic E-state index is 12.9. The topological polar surface area (TPSA) is 84.5 Å². The number of carbonyl (C=O) groups is 1. The molecule has 0 unspecified atom stereocenters. The standard InChI is InChI=1S/C21H23F3N2O4S/c1-14(16-4-2-5-17(12-16)21(22,23)24)26-20(27)15-7-9-19(10-8-15)31(28,29)25-13-18-6-3-11-30-18/h2,4-5,7-10,12,14,18,25H,3,6,11,13H2,1H3,(H,26,27)/t14-,18+/m0/s1. The highest BCUT2D eigenvalue weighted by atomic mass is 32.2. The van der Waals surface area contributed by atoms with Crippen LogP contribution >= 0.6 is 0 Å². The second-order valence-electron chi connectivity index (χ2n) is 7.33. The van der Waals surface area contributed by atoms with Crippen LogP contribution in [0.4, 0.5) is 13.2 Å². The first-order valence-corrected chi connectivity index (χ1v) is 11.2. The molecule has 2 aromatic rings. The van der Waals surface area contributed by atoms with Crippen LogP contribution in [0.3, 0.4) is 0 Å². The predicted molar refractivity (Wildman–Crippen MR) is 108 cm³/mol. The maximum absolute atomic E-state index is 12.9. The number of nitrogens with one attached hydrogen (secondary N) is 2. The summed E-state index contributed by atoms with van der Waals surface area (Å²) in [6, 6.07) is 9.38. The van der Waals surface area contributed by atoms with Gasteiger partial charge in [-0.1, -0.05) is 12.1 Å². The summed E-state index contributed by atoms with van der Waals surface area (Å²) in [4.78, 5) is 12.5. The van der Waals surface area contributed by atoms with E-state index < -0.39 is 33.7 Å². The SMILES string of the molecule is C[C@H](NC(=O)c1ccc(S(=O)(=O)NC[C@H]2CCCO2)cc1)c1cccc(C(F)(F)F)c1. The molecule has 1 amide bonds. The highest BCUT2D eigenvalue weighted by molar-refractivity contribution is 7.89. The van der Waals surface area contributed by atoms with Gasteiger partial charge in [-0.05, 0) is 61.7 Å². The van der Waals surface area contributed by atoms with Gasteiger partial charge < -0.3 is 10.1 Å². The first-order valence-electron chi connectivity index (χ1n) is 9.75. The lowest BCUT2D eigenvalue weighted by Crippen LogP contribution is -2.32. The molecule has 31 heavy (non-hydrogen) atoms. The first kappa shape index (κ1) is 23.2. The van der Waals surface area contributed by atoms with Crippen LogP contribution in [0.15, 0.2) is 53.4 Å². The number of benzene rings is 2. The summed E-state index contributed by atoms with van der Waals surface area (Å²) >= 11 is 0. The third kappa shape index (κ3) is 6.05. The van der Waals surface area contributed by atoms with Gasteiger partial charge in [0.15, 0.2) is 0 Å². The average Bonchev–Trinajstić information content (AvgIpc) is 3.26. The van der Waals surface area contributed by atoms with Gasteiger partial charge in [-0.25, -0.2) is 13.1 Å². The normalized spacial score (nSPS) is 18.0. The minimum atomic E-state index is -4.47. The molecule has 0 saturated carbocycles. The Kier molecular flexibility index (Phi) is 7.03. The lowest BCUT2D eigenvalue weighted by atomic mass is 10.0. The number of hydrogen-bond donors (Lipinski definition) is 2. The fourth-order valence-electron chi connectivity index (χ4n) is 3.22. The molecule has 1 aliphatic heterocycles. The average molecular weight is 456 g/mol. The maximum Gasteiger partial charge on any atom is 0.416 e. The summed E-state index contributed by atoms with van der Waals surface area (Å²) in [5.74, 6) is -0.527. The number of carbonyl (C=O) groups excluding carboxylic acids is 1. The number of amides is 1. The number of halogens is 3. The van der Waals surface area contributed by atoms with Crippen LogP contribution in [0.5, 0.6) is 0 Å². The van der Waals surface area contributed by atoms with Crippen LogP contribution in [-0.2, 0) is 20.9 Å². The quantitative estimate of drug-likeness (QED) is 0.666. The van der Waals surface area contributed by atoms with Crippen LogP contribution < -0.4 is 10.0 Å². The Morgan fingerprint density at radius 1 is 1.19 bits per heavy atom. The summed E-state index contributed by atoms with van der Waals surface area (Å²) in [5.41, 5.74) is -0.297. The zero-order valence-corrected chi connectivity index (χ0v) is 17.6. The third-order valence-electron chi connectivity index (χ3n) is 5.01. The number of rotatable bonds is 7. The van der Waals surface area contributed by atoms with Gasteiger partial charge in [0.25, 0.3) is 5.91 Å². The zero-order valence-electron chi connectivity index (χ0n) is 16.8. The van der Waals surface area contributed by atoms with Crippen molar-refractivity contribution < 1.29 is 31.1 Å². The molecule has 10 heteroatoms. The van der Waals surface area contributed by atoms with E-state index in [0.29, 0.717) is 12.2 Å². The van der Waals surface area contributed by atoms with Crippen LogP contribution in [0.25, 0.3) is 0 Å². The van der Waals surface area contributed by atoms with Crippen molar-refractivity contribution in [2.45, 2.75) is 43.0 Å². The summed E-state index contributed by atoms with van der Waals surface area (Å²) < 4.78 is 71.3. The molecule has 1 saturated heterocycles. The smallest absolute Gasteiger partial charge is 0.377 e. The highest BCUT2D eigenvalue weighted by Gasteiger charge is 2.30. The van der Waals surface area contributed by atoms with E-state index in [4.69, 9.17) is 4.74 Å². The van der Waals surface area contributed by atoms with Crippen molar-refractivity contribution in [2.75, 3.05) is 13.2 Å². The number of ether oxygens (including phenoxy) is 1. The van der Waals surface area contributed by atoms with Crippen molar-refractivity contribution in [1.82, 2.24) is 10.0 Å². The zero-order chi connectivity index (χ0) is 22.6. The molecule has 1 heterocycles. The van der Waals surface area contributed by atoms with Gasteiger partial charge in [0.1, 0.15) is 0 Å². The van der Waals surface area contributed by atoms with Crippen molar-refractivity contribution in [2.24, 2.45) is 0 Å². The third-order valence-corrected chi connectivity index (χ3v) is 6.45. The highest BCUT2D eigenvalue weighted by Crippen LogP contribution is 2.30. The molecular weight excluding hydrogens is 433 g/mol. The molecule has 2 aromatic carbocycles. The van der Waals surface area contributed by atoms with Crippen molar-refractivity contribution in [1.29, 1.82) is 0 Å². The van der Waals surface area contributed by atoms with Crippen molar-refractivity contribution in [3.63, 3.8) is 0 Å². The Labute approximate surface area is 178 Å². The predicted octanol–water partition coefficient (Wildman–Crippen LogP) is 3.65. The van der Waals surface area contributed by atoms with E-state index in [9.17, 15) is 26.4 Å². The van der Waals surface area contributed by atoms with Crippen LogP contribution in [-0.4, -0.2) is 33.6 Å². The van der Waals surface area contributed by atoms with E-state index in [0.717, 1.165) is 25.0 Å². The minimum absolute atomic E-state index is 0.00738. The molecule has 0 radical (unpaired) electrons. The lowest BCUT2D eigenvalue weighted by molar-refractivity contribution is -0.137. The monoisotopic (exact) mass is 456 g/mol. The first-order chi connectivity index (χ1) is 14.6. The Hall–Kier alpha value is -2.43. The Bertz CT molecular complexity index is 1020. The van der Waals surface area contributed by atoms with Gasteiger partial charge in [-0.15, -0.1) is 0 Å². The van der Waals surface area contributed by atoms with Gasteiger partial charge in [0, 0.05) is 18.7 Å². The number of hydrogen-bond acceptors (Lipinski definition) is 4. The molecule has 0 aromatic heterocycles. The second-order valence-corrected chi connectivity index (χ2v) is 9.10. The number of sulfonamides is 1. The largest absolute Gasteiger partial charge is 0.416 e. The molecule has 1 fully saturated rings. The van der Waals surface area contributed by atoms with Crippen LogP contribution in [0.2, 0.25) is 0 Å². The van der Waals surface area contributed by atoms with Gasteiger partial charge in [0.05, 0.1) is 22.6 Å². The van der Waals surface area contributed by atoms with Crippen molar-refractivity contribution in [3.05, 3.63) is 65.2 Å². The molecule has 1 aliphatic rings. The van der Waals surface area contributed by atoms with Crippen molar-refractivity contribution in [3.8, 4) is 0 Å². The summed E-state index contributed by atoms with van der Waals surface area (Å²) in [7, 11) is -3.74. The van der Waals surface area contributed by atoms with Crippen LogP contribution in [0.1, 0.15) is 47.3 Å². The van der Waals surface area contributed by atoms with E-state index in [-0.39, 0.29) is 23.1 Å². The van der Waals surface area contributed by atoms with Gasteiger partial charge in [-0.2, -0.15) is 13.2 Å². The van der Waals surface area contributed by atoms with E-state index in [1.54, 1.807) is 6.92 Å². The van der Waals surface area contributed by atoms with Crippen molar-refractivity contribution >= 4 is 15.9 Å². The number of alkyl halides is 3. The fourth-order valence-corrected chi connectivity index (χ4v) is 4.29. The van der Waals surface area contributed by atoms with E-state index >= 15 is 0 Å². The summed E-state index contributed by atoms with van der Waals surface area (Å²) in [6.45, 7) is 2.37. The molecule has 2 N–H and O–H groups in total. The molecule has 0 spiro atoms. The van der Waals surface area contributed by atoms with Gasteiger partial charge in [-0.3, -0.25) is 4.79 Å². The lowest BCUT2D eigenvalue weighted by Gasteiger charge is -2.16. The Morgan fingerprint density at radius 2 is 1.90 bits per heavy atom. The molecule has 0 aliphatic carbocycles. The molecular formula is C21H23F3N2O4S. The molecule has 168 valence electrons. The van der Waals surface area contributed by atoms with E-state index in [1.807, 2.05) is 0 Å². The molecule has 2 atom stereocenters. The molecule has 6 nitrogen and oxygen atoms in total. The summed E-state index contributed by atoms with van der Waals surface area (Å²) in [5, 5.41) is 2.62. The Morgan fingerprint density at radius 3 is 2.52 bits per heavy atom. The molecule has 0 bridgehead atoms. The Balaban J connectivity index is 1.63. The van der Waals surface area contributed by atoms with Crippen LogP contribution in [0, 0.1) is 0 Å². The van der Waals surface area contributed by atoms with Gasteiger partial charge >= 0.3 is 6.18 Å².